The number of nitrogens with one attached hydrogen (secondary N) is 1. The highest BCUT2D eigenvalue weighted by Gasteiger charge is 2.46. The molecule has 2 aromatic rings. The van der Waals surface area contributed by atoms with Crippen LogP contribution in [0.15, 0.2) is 48.5 Å². The summed E-state index contributed by atoms with van der Waals surface area (Å²) < 4.78 is 42.2. The summed E-state index contributed by atoms with van der Waals surface area (Å²) in [4.78, 5) is 13.7. The van der Waals surface area contributed by atoms with E-state index in [1.165, 1.54) is 30.3 Å². The zero-order valence-corrected chi connectivity index (χ0v) is 20.0. The zero-order chi connectivity index (χ0) is 23.8. The third-order valence-corrected chi connectivity index (χ3v) is 8.28. The number of alkyl halides is 3. The summed E-state index contributed by atoms with van der Waals surface area (Å²) in [6, 6.07) is 13.0. The van der Waals surface area contributed by atoms with Crippen LogP contribution in [0.5, 0.6) is 0 Å². The average molecular weight is 477 g/mol. The normalized spacial score (nSPS) is 24.2. The molecule has 1 amide bonds. The van der Waals surface area contributed by atoms with Crippen molar-refractivity contribution in [2.75, 3.05) is 23.9 Å². The van der Waals surface area contributed by atoms with Gasteiger partial charge in [-0.3, -0.25) is 4.79 Å². The second-order valence-electron chi connectivity index (χ2n) is 9.28. The fourth-order valence-corrected chi connectivity index (χ4v) is 6.46. The molecule has 1 N–H and O–H groups in total. The summed E-state index contributed by atoms with van der Waals surface area (Å²) in [5, 5.41) is 3.53. The topological polar surface area (TPSA) is 32.3 Å². The molecule has 3 nitrogen and oxygen atoms in total. The molecular formula is C26H31F3N2OS. The molecule has 1 saturated heterocycles. The largest absolute Gasteiger partial charge is 0.413 e. The lowest BCUT2D eigenvalue weighted by Gasteiger charge is -2.34. The Hall–Kier alpha value is -2.15. The van der Waals surface area contributed by atoms with Gasteiger partial charge in [0.05, 0.1) is 0 Å². The predicted octanol–water partition coefficient (Wildman–Crippen LogP) is 6.59. The van der Waals surface area contributed by atoms with Crippen LogP contribution in [0.25, 0.3) is 0 Å². The van der Waals surface area contributed by atoms with Crippen LogP contribution in [-0.4, -0.2) is 41.6 Å². The van der Waals surface area contributed by atoms with E-state index in [1.807, 2.05) is 12.1 Å². The highest BCUT2D eigenvalue weighted by molar-refractivity contribution is 7.99. The molecule has 2 unspecified atom stereocenters. The van der Waals surface area contributed by atoms with E-state index in [0.717, 1.165) is 22.1 Å². The van der Waals surface area contributed by atoms with Crippen LogP contribution in [0, 0.1) is 5.92 Å². The van der Waals surface area contributed by atoms with Crippen LogP contribution in [0.3, 0.4) is 0 Å². The molecule has 1 fully saturated rings. The van der Waals surface area contributed by atoms with Crippen LogP contribution in [0.4, 0.5) is 18.9 Å². The molecular weight excluding hydrogens is 445 g/mol. The maximum absolute atomic E-state index is 14.1. The summed E-state index contributed by atoms with van der Waals surface area (Å²) >= 11 is 1.75. The maximum Gasteiger partial charge on any atom is 0.413 e. The Morgan fingerprint density at radius 2 is 1.55 bits per heavy atom. The molecule has 7 heteroatoms. The number of anilines is 1. The van der Waals surface area contributed by atoms with Gasteiger partial charge >= 0.3 is 6.18 Å². The minimum atomic E-state index is -4.54. The Bertz CT molecular complexity index is 943. The summed E-state index contributed by atoms with van der Waals surface area (Å²) in [5.41, 5.74) is 3.51. The van der Waals surface area contributed by atoms with Crippen molar-refractivity contribution in [2.24, 2.45) is 5.92 Å². The molecule has 1 aliphatic heterocycles. The number of carbonyl (C=O) groups excluding carboxylic acids is 1. The SMILES string of the molecule is CC1c2ccccc2C(C)C1Nc1ccc([C@H](N(C)C(=O)C2CCSCC2)C(F)(F)F)cc1. The standard InChI is InChI=1S/C26H31F3N2OS/c1-16-21-6-4-5-7-22(21)17(2)23(16)30-20-10-8-18(9-11-20)24(26(27,28)29)31(3)25(32)19-12-14-33-15-13-19/h4-11,16-17,19,23-24,30H,12-15H2,1-3H3/t16?,17?,23?,24-/m0/s1. The molecule has 4 rings (SSSR count). The van der Waals surface area contributed by atoms with E-state index in [0.29, 0.717) is 24.7 Å². The first kappa shape index (κ1) is 24.0. The lowest BCUT2D eigenvalue weighted by atomic mass is 9.96. The number of halogens is 3. The van der Waals surface area contributed by atoms with E-state index in [4.69, 9.17) is 0 Å². The molecule has 1 heterocycles. The van der Waals surface area contributed by atoms with Crippen molar-refractivity contribution in [3.05, 3.63) is 65.2 Å². The fraction of sp³-hybridized carbons (Fsp3) is 0.500. The van der Waals surface area contributed by atoms with Gasteiger partial charge in [-0.15, -0.1) is 0 Å². The van der Waals surface area contributed by atoms with Gasteiger partial charge in [0, 0.05) is 36.5 Å². The Morgan fingerprint density at radius 3 is 2.06 bits per heavy atom. The van der Waals surface area contributed by atoms with E-state index in [9.17, 15) is 18.0 Å². The van der Waals surface area contributed by atoms with Gasteiger partial charge in [0.1, 0.15) is 0 Å². The lowest BCUT2D eigenvalue weighted by molar-refractivity contribution is -0.190. The number of rotatable bonds is 5. The van der Waals surface area contributed by atoms with Crippen LogP contribution in [0.2, 0.25) is 0 Å². The van der Waals surface area contributed by atoms with Crippen molar-refractivity contribution in [1.29, 1.82) is 0 Å². The number of amides is 1. The van der Waals surface area contributed by atoms with Crippen LogP contribution >= 0.6 is 11.8 Å². The summed E-state index contributed by atoms with van der Waals surface area (Å²) in [6.07, 6.45) is -3.26. The average Bonchev–Trinajstić information content (AvgIpc) is 3.04. The van der Waals surface area contributed by atoms with Gasteiger partial charge in [-0.25, -0.2) is 0 Å². The molecule has 0 saturated carbocycles. The highest BCUT2D eigenvalue weighted by atomic mass is 32.2. The molecule has 2 aliphatic rings. The van der Waals surface area contributed by atoms with E-state index >= 15 is 0 Å². The Morgan fingerprint density at radius 1 is 1.00 bits per heavy atom. The van der Waals surface area contributed by atoms with Crippen LogP contribution in [0.1, 0.15) is 61.3 Å². The van der Waals surface area contributed by atoms with Crippen molar-refractivity contribution in [3.8, 4) is 0 Å². The fourth-order valence-electron chi connectivity index (χ4n) is 5.36. The third kappa shape index (κ3) is 4.88. The van der Waals surface area contributed by atoms with Crippen molar-refractivity contribution >= 4 is 23.4 Å². The van der Waals surface area contributed by atoms with Gasteiger partial charge in [-0.2, -0.15) is 24.9 Å². The van der Waals surface area contributed by atoms with Gasteiger partial charge < -0.3 is 10.2 Å². The molecule has 0 spiro atoms. The smallest absolute Gasteiger partial charge is 0.381 e. The van der Waals surface area contributed by atoms with Gasteiger partial charge in [0.2, 0.25) is 5.91 Å². The summed E-state index contributed by atoms with van der Waals surface area (Å²) in [7, 11) is 1.29. The number of hydrogen-bond acceptors (Lipinski definition) is 3. The van der Waals surface area contributed by atoms with Gasteiger partial charge in [-0.1, -0.05) is 50.2 Å². The second kappa shape index (κ2) is 9.61. The molecule has 1 aliphatic carbocycles. The van der Waals surface area contributed by atoms with Crippen LogP contribution < -0.4 is 5.32 Å². The maximum atomic E-state index is 14.1. The number of carbonyl (C=O) groups is 1. The summed E-state index contributed by atoms with van der Waals surface area (Å²) in [5.74, 6) is 1.51. The molecule has 3 atom stereocenters. The monoisotopic (exact) mass is 476 g/mol. The van der Waals surface area contributed by atoms with Gasteiger partial charge in [0.15, 0.2) is 6.04 Å². The molecule has 2 aromatic carbocycles. The Balaban J connectivity index is 1.51. The highest BCUT2D eigenvalue weighted by Crippen LogP contribution is 2.43. The third-order valence-electron chi connectivity index (χ3n) is 7.23. The van der Waals surface area contributed by atoms with E-state index < -0.39 is 18.1 Å². The van der Waals surface area contributed by atoms with E-state index in [-0.39, 0.29) is 17.5 Å². The van der Waals surface area contributed by atoms with E-state index in [1.54, 1.807) is 23.9 Å². The van der Waals surface area contributed by atoms with Crippen molar-refractivity contribution in [3.63, 3.8) is 0 Å². The molecule has 0 bridgehead atoms. The van der Waals surface area contributed by atoms with Crippen molar-refractivity contribution in [2.45, 2.75) is 56.8 Å². The first-order chi connectivity index (χ1) is 15.7. The minimum absolute atomic E-state index is 0.0879. The molecule has 0 radical (unpaired) electrons. The minimum Gasteiger partial charge on any atom is -0.381 e. The second-order valence-corrected chi connectivity index (χ2v) is 10.5. The lowest BCUT2D eigenvalue weighted by Crippen LogP contribution is -2.43. The number of thioether (sulfide) groups is 1. The van der Waals surface area contributed by atoms with Crippen molar-refractivity contribution < 1.29 is 18.0 Å². The Kier molecular flexibility index (Phi) is 6.99. The quantitative estimate of drug-likeness (QED) is 0.528. The van der Waals surface area contributed by atoms with Gasteiger partial charge in [-0.05, 0) is 53.2 Å². The Labute approximate surface area is 198 Å². The number of hydrogen-bond donors (Lipinski definition) is 1. The molecule has 0 aromatic heterocycles. The zero-order valence-electron chi connectivity index (χ0n) is 19.2. The summed E-state index contributed by atoms with van der Waals surface area (Å²) in [6.45, 7) is 4.36. The number of nitrogens with zero attached hydrogens (tertiary/aromatic N) is 1. The number of benzene rings is 2. The van der Waals surface area contributed by atoms with Gasteiger partial charge in [0.25, 0.3) is 0 Å². The molecule has 33 heavy (non-hydrogen) atoms. The first-order valence-corrected chi connectivity index (χ1v) is 12.7. The van der Waals surface area contributed by atoms with E-state index in [2.05, 4.69) is 31.3 Å². The van der Waals surface area contributed by atoms with Crippen LogP contribution in [-0.2, 0) is 4.79 Å². The predicted molar refractivity (Wildman–Crippen MR) is 129 cm³/mol. The first-order valence-electron chi connectivity index (χ1n) is 11.5. The van der Waals surface area contributed by atoms with Crippen molar-refractivity contribution in [1.82, 2.24) is 4.90 Å². The number of fused-ring (bicyclic) bond motifs is 1. The molecule has 178 valence electrons.